The number of piperazine rings is 1. The van der Waals surface area contributed by atoms with Gasteiger partial charge in [0.2, 0.25) is 0 Å². The standard InChI is InChI=1S/C40H50N8O6/c1-7-8-23-53-38-43-37(47(26-28-9-14-31(51-5)15-10-28)27-29-11-16-32(52-6)17-12-29)36-42-25-34(48(36)44-38)35(49)33-18-13-30(24-41-33)45-19-21-46(22-20-45)39(50)54-40(2,3)4/h9-18,24-25,35,49H,7-8,19-23,26-27H2,1-6H3. The molecule has 286 valence electrons. The van der Waals surface area contributed by atoms with Crippen molar-refractivity contribution in [1.29, 1.82) is 0 Å². The third-order valence-electron chi connectivity index (χ3n) is 9.07. The fraction of sp³-hybridized carbons (Fsp3) is 0.425. The number of imidazole rings is 1. The topological polar surface area (TPSA) is 140 Å². The summed E-state index contributed by atoms with van der Waals surface area (Å²) in [6.45, 7) is 11.5. The van der Waals surface area contributed by atoms with Gasteiger partial charge in [0.1, 0.15) is 23.2 Å². The lowest BCUT2D eigenvalue weighted by atomic mass is 10.1. The molecule has 1 N–H and O–H groups in total. The third kappa shape index (κ3) is 9.29. The second-order valence-corrected chi connectivity index (χ2v) is 14.2. The van der Waals surface area contributed by atoms with E-state index in [0.29, 0.717) is 68.7 Å². The summed E-state index contributed by atoms with van der Waals surface area (Å²) < 4.78 is 24.0. The van der Waals surface area contributed by atoms with Crippen LogP contribution >= 0.6 is 0 Å². The molecular formula is C40H50N8O6. The maximum atomic E-state index is 12.5. The van der Waals surface area contributed by atoms with Crippen molar-refractivity contribution in [1.82, 2.24) is 29.5 Å². The molecule has 2 aromatic carbocycles. The number of hydrogen-bond donors (Lipinski definition) is 1. The van der Waals surface area contributed by atoms with Gasteiger partial charge in [0.15, 0.2) is 11.5 Å². The van der Waals surface area contributed by atoms with Gasteiger partial charge in [-0.05, 0) is 74.7 Å². The van der Waals surface area contributed by atoms with Crippen LogP contribution in [0.25, 0.3) is 5.65 Å². The second kappa shape index (κ2) is 17.0. The van der Waals surface area contributed by atoms with Gasteiger partial charge in [-0.2, -0.15) is 4.98 Å². The number of anilines is 2. The molecule has 1 amide bonds. The number of carbonyl (C=O) groups excluding carboxylic acids is 1. The lowest BCUT2D eigenvalue weighted by molar-refractivity contribution is 0.0240. The van der Waals surface area contributed by atoms with Gasteiger partial charge >= 0.3 is 12.1 Å². The third-order valence-corrected chi connectivity index (χ3v) is 9.07. The summed E-state index contributed by atoms with van der Waals surface area (Å²) >= 11 is 0. The van der Waals surface area contributed by atoms with Gasteiger partial charge < -0.3 is 38.8 Å². The van der Waals surface area contributed by atoms with E-state index in [9.17, 15) is 9.90 Å². The van der Waals surface area contributed by atoms with E-state index in [-0.39, 0.29) is 12.1 Å². The highest BCUT2D eigenvalue weighted by molar-refractivity contribution is 5.69. The van der Waals surface area contributed by atoms with Crippen LogP contribution in [0.1, 0.15) is 69.2 Å². The lowest BCUT2D eigenvalue weighted by Crippen LogP contribution is -2.50. The molecule has 0 bridgehead atoms. The van der Waals surface area contributed by atoms with Gasteiger partial charge in [-0.3, -0.25) is 4.98 Å². The van der Waals surface area contributed by atoms with Crippen LogP contribution in [0.5, 0.6) is 17.5 Å². The highest BCUT2D eigenvalue weighted by Crippen LogP contribution is 2.30. The minimum absolute atomic E-state index is 0.181. The van der Waals surface area contributed by atoms with Crippen LogP contribution in [0.4, 0.5) is 16.3 Å². The minimum Gasteiger partial charge on any atom is -0.497 e. The Balaban J connectivity index is 1.29. The minimum atomic E-state index is -1.14. The molecule has 14 heteroatoms. The van der Waals surface area contributed by atoms with Crippen molar-refractivity contribution >= 4 is 23.2 Å². The normalized spacial score (nSPS) is 13.8. The molecule has 1 aliphatic heterocycles. The summed E-state index contributed by atoms with van der Waals surface area (Å²) in [5, 5.41) is 16.5. The van der Waals surface area contributed by atoms with Crippen molar-refractivity contribution in [2.45, 2.75) is 65.3 Å². The zero-order chi connectivity index (χ0) is 38.2. The Hall–Kier alpha value is -5.63. The molecule has 0 spiro atoms. The molecule has 1 fully saturated rings. The van der Waals surface area contributed by atoms with E-state index in [1.807, 2.05) is 75.4 Å². The molecule has 5 aromatic rings. The van der Waals surface area contributed by atoms with Gasteiger partial charge in [0, 0.05) is 39.3 Å². The number of benzene rings is 2. The molecule has 3 aromatic heterocycles. The van der Waals surface area contributed by atoms with E-state index in [0.717, 1.165) is 41.2 Å². The molecule has 1 saturated heterocycles. The molecule has 1 aliphatic rings. The number of unbranched alkanes of at least 4 members (excludes halogenated alkanes) is 1. The number of fused-ring (bicyclic) bond motifs is 1. The fourth-order valence-electron chi connectivity index (χ4n) is 6.11. The van der Waals surface area contributed by atoms with Gasteiger partial charge in [0.25, 0.3) is 0 Å². The zero-order valence-electron chi connectivity index (χ0n) is 31.9. The highest BCUT2D eigenvalue weighted by atomic mass is 16.6. The number of hydrogen-bond acceptors (Lipinski definition) is 12. The van der Waals surface area contributed by atoms with Gasteiger partial charge in [0.05, 0.1) is 50.3 Å². The molecule has 14 nitrogen and oxygen atoms in total. The Labute approximate surface area is 316 Å². The Bertz CT molecular complexity index is 1920. The predicted octanol–water partition coefficient (Wildman–Crippen LogP) is 6.06. The largest absolute Gasteiger partial charge is 0.497 e. The summed E-state index contributed by atoms with van der Waals surface area (Å²) in [5.74, 6) is 2.09. The number of aliphatic hydroxyl groups is 1. The van der Waals surface area contributed by atoms with Crippen molar-refractivity contribution in [2.24, 2.45) is 0 Å². The summed E-state index contributed by atoms with van der Waals surface area (Å²) in [7, 11) is 3.29. The maximum absolute atomic E-state index is 12.5. The molecule has 0 radical (unpaired) electrons. The number of nitrogens with zero attached hydrogens (tertiary/aromatic N) is 8. The first-order chi connectivity index (χ1) is 26.0. The number of ether oxygens (including phenoxy) is 4. The van der Waals surface area contributed by atoms with Crippen molar-refractivity contribution in [3.63, 3.8) is 0 Å². The molecular weight excluding hydrogens is 688 g/mol. The Morgan fingerprint density at radius 1 is 0.870 bits per heavy atom. The molecule has 4 heterocycles. The van der Waals surface area contributed by atoms with Crippen LogP contribution in [-0.2, 0) is 17.8 Å². The first kappa shape index (κ1) is 38.1. The maximum Gasteiger partial charge on any atom is 0.410 e. The summed E-state index contributed by atoms with van der Waals surface area (Å²) in [5.41, 5.74) is 3.77. The quantitative estimate of drug-likeness (QED) is 0.133. The van der Waals surface area contributed by atoms with Crippen molar-refractivity contribution in [2.75, 3.05) is 56.8 Å². The fourth-order valence-corrected chi connectivity index (χ4v) is 6.11. The van der Waals surface area contributed by atoms with Crippen molar-refractivity contribution < 1.29 is 28.8 Å². The van der Waals surface area contributed by atoms with Crippen LogP contribution < -0.4 is 24.0 Å². The number of pyridine rings is 1. The van der Waals surface area contributed by atoms with Gasteiger partial charge in [-0.15, -0.1) is 5.10 Å². The van der Waals surface area contributed by atoms with E-state index >= 15 is 0 Å². The Kier molecular flexibility index (Phi) is 12.0. The van der Waals surface area contributed by atoms with E-state index in [1.54, 1.807) is 42.1 Å². The molecule has 1 atom stereocenters. The van der Waals surface area contributed by atoms with E-state index in [2.05, 4.69) is 21.7 Å². The smallest absolute Gasteiger partial charge is 0.410 e. The van der Waals surface area contributed by atoms with Crippen LogP contribution in [-0.4, -0.2) is 93.3 Å². The summed E-state index contributed by atoms with van der Waals surface area (Å²) in [4.78, 5) is 32.9. The van der Waals surface area contributed by atoms with Crippen LogP contribution in [0.2, 0.25) is 0 Å². The monoisotopic (exact) mass is 738 g/mol. The van der Waals surface area contributed by atoms with Crippen LogP contribution in [0.3, 0.4) is 0 Å². The number of methoxy groups -OCH3 is 2. The first-order valence-electron chi connectivity index (χ1n) is 18.3. The van der Waals surface area contributed by atoms with Crippen LogP contribution in [0, 0.1) is 0 Å². The Morgan fingerprint density at radius 3 is 2.04 bits per heavy atom. The molecule has 54 heavy (non-hydrogen) atoms. The number of aliphatic hydroxyl groups excluding tert-OH is 1. The number of amides is 1. The number of rotatable bonds is 14. The summed E-state index contributed by atoms with van der Waals surface area (Å²) in [6.07, 6.45) is 3.70. The first-order valence-corrected chi connectivity index (χ1v) is 18.3. The summed E-state index contributed by atoms with van der Waals surface area (Å²) in [6, 6.07) is 19.7. The van der Waals surface area contributed by atoms with E-state index in [1.165, 1.54) is 0 Å². The van der Waals surface area contributed by atoms with E-state index < -0.39 is 11.7 Å². The van der Waals surface area contributed by atoms with Crippen molar-refractivity contribution in [3.8, 4) is 17.5 Å². The lowest BCUT2D eigenvalue weighted by Gasteiger charge is -2.36. The molecule has 6 rings (SSSR count). The number of carbonyl (C=O) groups is 1. The highest BCUT2D eigenvalue weighted by Gasteiger charge is 2.27. The van der Waals surface area contributed by atoms with Gasteiger partial charge in [-0.25, -0.2) is 14.3 Å². The van der Waals surface area contributed by atoms with E-state index in [4.69, 9.17) is 34.0 Å². The SMILES string of the molecule is CCCCOc1nc(N(Cc2ccc(OC)cc2)Cc2ccc(OC)cc2)c2ncc(C(O)c3ccc(N4CCN(C(=O)OC(C)(C)C)CC4)cn3)n2n1. The van der Waals surface area contributed by atoms with Crippen molar-refractivity contribution in [3.05, 3.63) is 95.6 Å². The molecule has 0 saturated carbocycles. The second-order valence-electron chi connectivity index (χ2n) is 14.2. The predicted molar refractivity (Wildman–Crippen MR) is 205 cm³/mol. The molecule has 1 unspecified atom stereocenters. The molecule has 0 aliphatic carbocycles. The zero-order valence-corrected chi connectivity index (χ0v) is 31.9. The average Bonchev–Trinajstić information content (AvgIpc) is 3.61. The van der Waals surface area contributed by atoms with Gasteiger partial charge in [-0.1, -0.05) is 37.6 Å². The Morgan fingerprint density at radius 2 is 1.50 bits per heavy atom. The number of aromatic nitrogens is 5. The average molecular weight is 739 g/mol. The van der Waals surface area contributed by atoms with Crippen LogP contribution in [0.15, 0.2) is 73.1 Å².